The molecule has 0 spiro atoms. The highest BCUT2D eigenvalue weighted by Gasteiger charge is 2.24. The molecule has 0 aliphatic carbocycles. The molecule has 0 saturated heterocycles. The molecule has 17 heavy (non-hydrogen) atoms. The Morgan fingerprint density at radius 2 is 2.35 bits per heavy atom. The summed E-state index contributed by atoms with van der Waals surface area (Å²) in [4.78, 5) is 19.6. The van der Waals surface area contributed by atoms with Crippen LogP contribution >= 0.6 is 0 Å². The molecule has 1 aromatic rings. The molecule has 0 aromatic carbocycles. The predicted molar refractivity (Wildman–Crippen MR) is 61.6 cm³/mol. The minimum absolute atomic E-state index is 0.0238. The zero-order chi connectivity index (χ0) is 12.8. The third kappa shape index (κ3) is 2.98. The van der Waals surface area contributed by atoms with Crippen LogP contribution in [0.15, 0.2) is 6.33 Å². The van der Waals surface area contributed by atoms with E-state index in [-0.39, 0.29) is 17.3 Å². The standard InChI is InChI=1S/C8H14N6O3/c1-13(3-4-17-2)8-6(14(15)16)7(12-9)10-5-11-8/h5H,3-4,9H2,1-2H3,(H,10,11,12). The largest absolute Gasteiger partial charge is 0.383 e. The highest BCUT2D eigenvalue weighted by molar-refractivity contribution is 5.69. The van der Waals surface area contributed by atoms with Gasteiger partial charge >= 0.3 is 5.69 Å². The molecule has 0 aliphatic rings. The van der Waals surface area contributed by atoms with Crippen LogP contribution in [0.5, 0.6) is 0 Å². The predicted octanol–water partition coefficient (Wildman–Crippen LogP) is -0.247. The Bertz CT molecular complexity index is 399. The molecule has 94 valence electrons. The van der Waals surface area contributed by atoms with Gasteiger partial charge in [0.15, 0.2) is 0 Å². The first-order valence-corrected chi connectivity index (χ1v) is 4.78. The van der Waals surface area contributed by atoms with Gasteiger partial charge in [-0.15, -0.1) is 0 Å². The average Bonchev–Trinajstić information content (AvgIpc) is 2.34. The number of aromatic nitrogens is 2. The van der Waals surface area contributed by atoms with Crippen molar-refractivity contribution in [3.8, 4) is 0 Å². The van der Waals surface area contributed by atoms with E-state index in [1.165, 1.54) is 6.33 Å². The number of hydrogen-bond acceptors (Lipinski definition) is 8. The Labute approximate surface area is 97.7 Å². The summed E-state index contributed by atoms with van der Waals surface area (Å²) >= 11 is 0. The Balaban J connectivity index is 3.09. The van der Waals surface area contributed by atoms with Gasteiger partial charge in [-0.1, -0.05) is 0 Å². The molecule has 1 aromatic heterocycles. The molecule has 3 N–H and O–H groups in total. The number of nitrogen functional groups attached to an aromatic ring is 1. The molecular weight excluding hydrogens is 228 g/mol. The Morgan fingerprint density at radius 3 is 2.88 bits per heavy atom. The van der Waals surface area contributed by atoms with Gasteiger partial charge in [-0.3, -0.25) is 10.1 Å². The molecule has 0 atom stereocenters. The van der Waals surface area contributed by atoms with Crippen LogP contribution in [0.1, 0.15) is 0 Å². The Hall–Kier alpha value is -2.00. The summed E-state index contributed by atoms with van der Waals surface area (Å²) in [5, 5.41) is 11.0. The Morgan fingerprint density at radius 1 is 1.65 bits per heavy atom. The van der Waals surface area contributed by atoms with E-state index < -0.39 is 4.92 Å². The second kappa shape index (κ2) is 5.92. The van der Waals surface area contributed by atoms with Crippen molar-refractivity contribution in [2.45, 2.75) is 0 Å². The van der Waals surface area contributed by atoms with E-state index >= 15 is 0 Å². The highest BCUT2D eigenvalue weighted by atomic mass is 16.6. The van der Waals surface area contributed by atoms with Gasteiger partial charge in [-0.25, -0.2) is 15.8 Å². The fourth-order valence-electron chi connectivity index (χ4n) is 1.26. The van der Waals surface area contributed by atoms with Crippen molar-refractivity contribution in [3.63, 3.8) is 0 Å². The van der Waals surface area contributed by atoms with Crippen molar-refractivity contribution in [2.24, 2.45) is 5.84 Å². The normalized spacial score (nSPS) is 10.1. The number of nitrogens with zero attached hydrogens (tertiary/aromatic N) is 4. The van der Waals surface area contributed by atoms with E-state index in [0.717, 1.165) is 0 Å². The fraction of sp³-hybridized carbons (Fsp3) is 0.500. The Kier molecular flexibility index (Phi) is 4.55. The lowest BCUT2D eigenvalue weighted by atomic mass is 10.4. The molecule has 0 aliphatic heterocycles. The van der Waals surface area contributed by atoms with E-state index in [0.29, 0.717) is 13.2 Å². The lowest BCUT2D eigenvalue weighted by Gasteiger charge is -2.17. The molecule has 1 rings (SSSR count). The number of ether oxygens (including phenoxy) is 1. The number of hydrazine groups is 1. The zero-order valence-corrected chi connectivity index (χ0v) is 9.58. The summed E-state index contributed by atoms with van der Waals surface area (Å²) in [5.74, 6) is 5.34. The van der Waals surface area contributed by atoms with Crippen LogP contribution in [0.3, 0.4) is 0 Å². The van der Waals surface area contributed by atoms with Crippen molar-refractivity contribution in [3.05, 3.63) is 16.4 Å². The maximum atomic E-state index is 11.0. The zero-order valence-electron chi connectivity index (χ0n) is 9.58. The number of anilines is 2. The molecule has 1 heterocycles. The molecule has 0 radical (unpaired) electrons. The van der Waals surface area contributed by atoms with E-state index in [1.54, 1.807) is 19.1 Å². The SMILES string of the molecule is COCCN(C)c1ncnc(NN)c1[N+](=O)[O-]. The lowest BCUT2D eigenvalue weighted by Crippen LogP contribution is -2.25. The summed E-state index contributed by atoms with van der Waals surface area (Å²) in [6.45, 7) is 0.904. The molecule has 0 amide bonds. The minimum Gasteiger partial charge on any atom is -0.383 e. The average molecular weight is 242 g/mol. The van der Waals surface area contributed by atoms with Gasteiger partial charge in [-0.05, 0) is 0 Å². The third-order valence-electron chi connectivity index (χ3n) is 2.11. The number of nitrogens with one attached hydrogen (secondary N) is 1. The van der Waals surface area contributed by atoms with Gasteiger partial charge < -0.3 is 15.1 Å². The summed E-state index contributed by atoms with van der Waals surface area (Å²) < 4.78 is 4.90. The highest BCUT2D eigenvalue weighted by Crippen LogP contribution is 2.30. The molecule has 0 bridgehead atoms. The van der Waals surface area contributed by atoms with Gasteiger partial charge in [0.05, 0.1) is 11.5 Å². The molecule has 0 unspecified atom stereocenters. The summed E-state index contributed by atoms with van der Waals surface area (Å²) in [5.41, 5.74) is 1.92. The molecule has 9 heteroatoms. The summed E-state index contributed by atoms with van der Waals surface area (Å²) in [6, 6.07) is 0. The van der Waals surface area contributed by atoms with E-state index in [9.17, 15) is 10.1 Å². The van der Waals surface area contributed by atoms with Crippen LogP contribution in [-0.2, 0) is 4.74 Å². The molecular formula is C8H14N6O3. The molecule has 0 fully saturated rings. The quantitative estimate of drug-likeness (QED) is 0.398. The minimum atomic E-state index is -0.576. The van der Waals surface area contributed by atoms with Crippen LogP contribution in [0.2, 0.25) is 0 Å². The number of nitrogens with two attached hydrogens (primary N) is 1. The van der Waals surface area contributed by atoms with Gasteiger partial charge in [-0.2, -0.15) is 0 Å². The fourth-order valence-corrected chi connectivity index (χ4v) is 1.26. The summed E-state index contributed by atoms with van der Waals surface area (Å²) in [7, 11) is 3.23. The summed E-state index contributed by atoms with van der Waals surface area (Å²) in [6.07, 6.45) is 1.21. The van der Waals surface area contributed by atoms with Crippen molar-refractivity contribution in [2.75, 3.05) is 37.6 Å². The van der Waals surface area contributed by atoms with Crippen molar-refractivity contribution < 1.29 is 9.66 Å². The third-order valence-corrected chi connectivity index (χ3v) is 2.11. The second-order valence-corrected chi connectivity index (χ2v) is 3.21. The van der Waals surface area contributed by atoms with Gasteiger partial charge in [0.2, 0.25) is 11.6 Å². The molecule has 0 saturated carbocycles. The topological polar surface area (TPSA) is 119 Å². The van der Waals surface area contributed by atoms with Crippen molar-refractivity contribution in [1.29, 1.82) is 0 Å². The van der Waals surface area contributed by atoms with Crippen LogP contribution in [0.4, 0.5) is 17.3 Å². The van der Waals surface area contributed by atoms with Crippen molar-refractivity contribution in [1.82, 2.24) is 9.97 Å². The lowest BCUT2D eigenvalue weighted by molar-refractivity contribution is -0.383. The second-order valence-electron chi connectivity index (χ2n) is 3.21. The van der Waals surface area contributed by atoms with E-state index in [1.807, 2.05) is 0 Å². The first-order valence-electron chi connectivity index (χ1n) is 4.78. The van der Waals surface area contributed by atoms with Crippen LogP contribution in [0.25, 0.3) is 0 Å². The maximum Gasteiger partial charge on any atom is 0.354 e. The van der Waals surface area contributed by atoms with Crippen LogP contribution in [-0.4, -0.2) is 42.2 Å². The number of nitro groups is 1. The van der Waals surface area contributed by atoms with Gasteiger partial charge in [0, 0.05) is 20.7 Å². The first-order chi connectivity index (χ1) is 8.11. The monoisotopic (exact) mass is 242 g/mol. The van der Waals surface area contributed by atoms with Crippen molar-refractivity contribution >= 4 is 17.3 Å². The first kappa shape index (κ1) is 13.1. The maximum absolute atomic E-state index is 11.0. The van der Waals surface area contributed by atoms with E-state index in [2.05, 4.69) is 15.4 Å². The van der Waals surface area contributed by atoms with Crippen LogP contribution in [0, 0.1) is 10.1 Å². The van der Waals surface area contributed by atoms with Gasteiger partial charge in [0.25, 0.3) is 0 Å². The smallest absolute Gasteiger partial charge is 0.354 e. The number of methoxy groups -OCH3 is 1. The number of hydrogen-bond donors (Lipinski definition) is 2. The number of rotatable bonds is 6. The van der Waals surface area contributed by atoms with Crippen LogP contribution < -0.4 is 16.2 Å². The number of likely N-dealkylation sites (N-methyl/N-ethyl adjacent to an activating group) is 1. The van der Waals surface area contributed by atoms with E-state index in [4.69, 9.17) is 10.6 Å². The molecule has 9 nitrogen and oxygen atoms in total. The van der Waals surface area contributed by atoms with Gasteiger partial charge in [0.1, 0.15) is 6.33 Å².